The molecule has 504 valence electrons. The van der Waals surface area contributed by atoms with Crippen molar-refractivity contribution in [2.45, 2.75) is 168 Å². The number of ether oxygens (including phenoxy) is 1. The van der Waals surface area contributed by atoms with E-state index in [0.29, 0.717) is 34.3 Å². The van der Waals surface area contributed by atoms with Crippen LogP contribution in [0.25, 0.3) is 60.8 Å². The van der Waals surface area contributed by atoms with E-state index in [0.717, 1.165) is 78.4 Å². The van der Waals surface area contributed by atoms with E-state index in [-0.39, 0.29) is 31.2 Å². The average molecular weight is 1370 g/mol. The van der Waals surface area contributed by atoms with E-state index in [4.69, 9.17) is 37.6 Å². The third-order valence-corrected chi connectivity index (χ3v) is 24.4. The fraction of sp³-hybridized carbons (Fsp3) is 0.287. The number of benzene rings is 10. The minimum atomic E-state index is -4.82. The Kier molecular flexibility index (Phi) is 9.14. The molecule has 0 spiro atoms. The molecule has 0 amide bonds. The lowest BCUT2D eigenvalue weighted by Gasteiger charge is -2.42. The molecule has 3 heterocycles. The van der Waals surface area contributed by atoms with Crippen molar-refractivity contribution in [2.24, 2.45) is 5.41 Å². The fourth-order valence-electron chi connectivity index (χ4n) is 14.4. The molecule has 0 bridgehead atoms. The number of fused-ring (bicyclic) bond motifs is 6. The summed E-state index contributed by atoms with van der Waals surface area (Å²) in [6.45, 7) is -23.2. The summed E-state index contributed by atoms with van der Waals surface area (Å²) in [5.41, 5.74) is -24.0. The topological polar surface area (TPSA) is 23.9 Å². The summed E-state index contributed by atoms with van der Waals surface area (Å²) in [6, 6.07) is 49.8. The summed E-state index contributed by atoms with van der Waals surface area (Å²) in [4.78, 5) is 0. The van der Waals surface area contributed by atoms with Crippen LogP contribution in [0.2, 0.25) is 0 Å². The zero-order valence-corrected chi connectivity index (χ0v) is 56.8. The van der Waals surface area contributed by atoms with Gasteiger partial charge in [-0.05, 0) is 180 Å². The van der Waals surface area contributed by atoms with Crippen molar-refractivity contribution in [1.82, 2.24) is 0 Å². The standard InChI is InChI=1S/C94H98N4OSi/c1-65-87(50-46-79-78-39-25-26-42-84(78)98(89(65)79)88-61-69(90(2,3)4)51-57-95(88)13)99-71-31-28-30-70(62-71)97-64-96(86-58-66(43-49-85(86)97)63-100(72-32-18-14-19-33-72,73-34-20-15-21-35-73)74-36-22-16-23-37-74)56-27-17-24-38-77-75(67-44-47-80-82(59-67)93(9,10)54-52-91(80,5)6)40-29-41-76(77)68-45-48-81-83(60-68)94(11,12)55-53-92(81,7)8/h14-16,18-23,25-26,28-37,39-51,57-62H,13,17,24,27,38,52-56,63H2,1-12H3/i5D3,6D3,7D3,8D3,9D3,10D3,11D3,12D3,44D,45D,47D,48D,52D2,53D2,54D2,55D2,59D,60D. The lowest BCUT2D eigenvalue weighted by atomic mass is 9.62. The van der Waals surface area contributed by atoms with Crippen molar-refractivity contribution >= 4 is 63.2 Å². The first-order valence-electron chi connectivity index (χ1n) is 52.3. The molecule has 0 N–H and O–H groups in total. The zero-order valence-electron chi connectivity index (χ0n) is 93.8. The van der Waals surface area contributed by atoms with Crippen molar-refractivity contribution in [3.63, 3.8) is 0 Å². The van der Waals surface area contributed by atoms with Gasteiger partial charge in [-0.1, -0.05) is 257 Å². The third-order valence-electron chi connectivity index (χ3n) is 19.5. The van der Waals surface area contributed by atoms with Crippen LogP contribution in [0.5, 0.6) is 11.5 Å². The number of allylic oxidation sites excluding steroid dienone is 2. The number of unbranched alkanes of at least 4 members (excludes halogenated alkanes) is 2. The molecule has 1 aliphatic heterocycles. The van der Waals surface area contributed by atoms with E-state index >= 15 is 0 Å². The van der Waals surface area contributed by atoms with E-state index < -0.39 is 203 Å². The summed E-state index contributed by atoms with van der Waals surface area (Å²) < 4.78 is 369. The predicted molar refractivity (Wildman–Crippen MR) is 418 cm³/mol. The maximum atomic E-state index is 10.4. The molecule has 12 aromatic rings. The van der Waals surface area contributed by atoms with Crippen LogP contribution in [0.3, 0.4) is 0 Å². The Hall–Kier alpha value is -9.49. The number of hydrogen-bond acceptors (Lipinski definition) is 1. The summed E-state index contributed by atoms with van der Waals surface area (Å²) in [7, 11) is -3.09. The molecule has 0 saturated heterocycles. The number of para-hydroxylation sites is 1. The van der Waals surface area contributed by atoms with E-state index in [9.17, 15) is 19.2 Å². The highest BCUT2D eigenvalue weighted by Gasteiger charge is 2.42. The van der Waals surface area contributed by atoms with Gasteiger partial charge in [-0.3, -0.25) is 4.57 Å². The first kappa shape index (κ1) is 35.7. The van der Waals surface area contributed by atoms with Crippen LogP contribution < -0.4 is 34.0 Å². The molecule has 2 aromatic heterocycles. The van der Waals surface area contributed by atoms with Crippen LogP contribution in [0.1, 0.15) is 211 Å². The Morgan fingerprint density at radius 3 is 1.79 bits per heavy atom. The van der Waals surface area contributed by atoms with Crippen LogP contribution in [0.4, 0.5) is 0 Å². The number of nitrogens with zero attached hydrogens (tertiary/aromatic N) is 4. The van der Waals surface area contributed by atoms with Gasteiger partial charge in [0.1, 0.15) is 24.8 Å². The fourth-order valence-corrected chi connectivity index (χ4v) is 19.1. The van der Waals surface area contributed by atoms with E-state index in [1.54, 1.807) is 0 Å². The zero-order chi connectivity index (χ0) is 102. The van der Waals surface area contributed by atoms with Gasteiger partial charge in [0, 0.05) is 68.0 Å². The maximum Gasteiger partial charge on any atom is 0.350 e. The Labute approximate surface area is 649 Å². The number of rotatable bonds is 17. The molecule has 5 nitrogen and oxygen atoms in total. The lowest BCUT2D eigenvalue weighted by Crippen LogP contribution is -2.68. The normalized spacial score (nSPS) is 24.8. The van der Waals surface area contributed by atoms with Crippen molar-refractivity contribution < 1.29 is 75.1 Å². The first-order chi connectivity index (χ1) is 63.6. The quantitative estimate of drug-likeness (QED) is 0.0293. The van der Waals surface area contributed by atoms with Crippen LogP contribution in [0.15, 0.2) is 248 Å². The van der Waals surface area contributed by atoms with E-state index in [1.807, 2.05) is 136 Å². The van der Waals surface area contributed by atoms with Gasteiger partial charge in [-0.25, -0.2) is 0 Å². The predicted octanol–water partition coefficient (Wildman–Crippen LogP) is 19.6. The number of imidazole rings is 1. The molecule has 0 fully saturated rings. The second-order valence-corrected chi connectivity index (χ2v) is 31.2. The first-order valence-corrected chi connectivity index (χ1v) is 35.6. The molecule has 2 aliphatic carbocycles. The number of aryl methyl sites for hydroxylation is 2. The second kappa shape index (κ2) is 25.6. The van der Waals surface area contributed by atoms with Crippen molar-refractivity contribution in [1.29, 1.82) is 0 Å². The molecule has 100 heavy (non-hydrogen) atoms. The Morgan fingerprint density at radius 2 is 1.20 bits per heavy atom. The Morgan fingerprint density at radius 1 is 0.620 bits per heavy atom. The summed E-state index contributed by atoms with van der Waals surface area (Å²) in [5.74, 6) is 0.974. The van der Waals surface area contributed by atoms with Gasteiger partial charge < -0.3 is 13.9 Å². The SMILES string of the molecule is [2H]c1c([2H])c2c(c([2H])c1-c1cccc(-c3c([2H])c([2H])c4c(c3[2H])C(C([2H])([2H])[2H])(C([2H])([2H])[2H])C([2H])([2H])C([2H])([2H])C4(C([2H])([2H])[2H])C([2H])([2H])[2H])c1CCCCC[n+]1[c-][n+](-c3cccc(Oc4ccc5c6cccc[c-]6[n+]([C-]6C=C(C(C)(C)C)C=C[N+]6=C)c5c4C)c3)c3ccc(C[Si](c4ccccc4)(c4ccccc4)c4ccccc4)c[c-]31)C(C([2H])([2H])[2H])(C([2H])([2H])[2H])C([2H])([2H])C([2H])([2H])C2(C([2H])([2H])[2H])C([2H])([2H])[2H]. The Balaban J connectivity index is 0.941. The van der Waals surface area contributed by atoms with E-state index in [1.165, 1.54) is 0 Å². The molecule has 0 radical (unpaired) electrons. The highest BCUT2D eigenvalue weighted by molar-refractivity contribution is 7.11. The number of hydrogen-bond donors (Lipinski definition) is 0. The monoisotopic (exact) mass is 1360 g/mol. The lowest BCUT2D eigenvalue weighted by molar-refractivity contribution is -0.749. The van der Waals surface area contributed by atoms with Crippen LogP contribution >= 0.6 is 0 Å². The highest BCUT2D eigenvalue weighted by Crippen LogP contribution is 2.50. The van der Waals surface area contributed by atoms with Crippen LogP contribution in [-0.4, -0.2) is 19.4 Å². The molecule has 3 aliphatic rings. The molecule has 0 unspecified atom stereocenters. The van der Waals surface area contributed by atoms with Gasteiger partial charge in [-0.2, -0.15) is 22.8 Å². The van der Waals surface area contributed by atoms with Gasteiger partial charge in [0.25, 0.3) is 0 Å². The summed E-state index contributed by atoms with van der Waals surface area (Å²) in [6.07, 6.45) is -9.33. The van der Waals surface area contributed by atoms with Crippen molar-refractivity contribution in [3.05, 3.63) is 300 Å². The molecule has 0 saturated carbocycles. The Bertz CT molecular complexity index is 6580. The second-order valence-electron chi connectivity index (χ2n) is 27.3. The molecule has 0 atom stereocenters. The minimum Gasteiger partial charge on any atom is -0.459 e. The largest absolute Gasteiger partial charge is 0.459 e. The van der Waals surface area contributed by atoms with Gasteiger partial charge in [-0.15, -0.1) is 22.9 Å². The van der Waals surface area contributed by atoms with Crippen LogP contribution in [0, 0.1) is 24.8 Å². The van der Waals surface area contributed by atoms with Gasteiger partial charge in [0.2, 0.25) is 0 Å². The molecular formula is C94H98N4OSi. The van der Waals surface area contributed by atoms with Gasteiger partial charge in [0.05, 0.1) is 30.5 Å². The maximum absolute atomic E-state index is 10.4. The van der Waals surface area contributed by atoms with Gasteiger partial charge in [0.15, 0.2) is 14.3 Å². The summed E-state index contributed by atoms with van der Waals surface area (Å²) >= 11 is 0. The summed E-state index contributed by atoms with van der Waals surface area (Å²) in [5, 5.41) is 5.30. The average Bonchev–Trinajstić information content (AvgIpc) is 0.684. The minimum absolute atomic E-state index is 0.00679. The smallest absolute Gasteiger partial charge is 0.350 e. The van der Waals surface area contributed by atoms with Crippen molar-refractivity contribution in [2.75, 3.05) is 0 Å². The molecule has 15 rings (SSSR count). The molecule has 10 aromatic carbocycles. The molecular weight excluding hydrogens is 1230 g/mol. The molecule has 6 heteroatoms. The van der Waals surface area contributed by atoms with Crippen LogP contribution in [-0.2, 0) is 40.7 Å². The third kappa shape index (κ3) is 12.0. The van der Waals surface area contributed by atoms with Gasteiger partial charge >= 0.3 is 12.5 Å². The highest BCUT2D eigenvalue weighted by atomic mass is 28.3. The number of aromatic nitrogens is 3. The van der Waals surface area contributed by atoms with Crippen molar-refractivity contribution in [3.8, 4) is 39.4 Å². The van der Waals surface area contributed by atoms with E-state index in [2.05, 4.69) is 111 Å².